The highest BCUT2D eigenvalue weighted by atomic mass is 16.1. The van der Waals surface area contributed by atoms with E-state index in [2.05, 4.69) is 32.7 Å². The van der Waals surface area contributed by atoms with E-state index in [1.54, 1.807) is 6.92 Å². The molecule has 1 amide bonds. The summed E-state index contributed by atoms with van der Waals surface area (Å²) in [5.74, 6) is 0.530. The maximum absolute atomic E-state index is 11.4. The molecule has 0 bridgehead atoms. The average Bonchev–Trinajstić information content (AvgIpc) is 2.15. The molecule has 0 saturated carbocycles. The molecule has 82 valence electrons. The van der Waals surface area contributed by atoms with Crippen LogP contribution in [0.4, 0.5) is 0 Å². The minimum Gasteiger partial charge on any atom is -0.349 e. The van der Waals surface area contributed by atoms with Crippen LogP contribution < -0.4 is 5.32 Å². The lowest BCUT2D eigenvalue weighted by Crippen LogP contribution is -2.39. The van der Waals surface area contributed by atoms with Crippen molar-refractivity contribution in [3.05, 3.63) is 12.2 Å². The maximum atomic E-state index is 11.4. The Morgan fingerprint density at radius 2 is 2.00 bits per heavy atom. The van der Waals surface area contributed by atoms with Gasteiger partial charge >= 0.3 is 0 Å². The molecule has 2 atom stereocenters. The van der Waals surface area contributed by atoms with Crippen LogP contribution in [0.5, 0.6) is 0 Å². The van der Waals surface area contributed by atoms with Gasteiger partial charge < -0.3 is 5.32 Å². The minimum absolute atomic E-state index is 0.0104. The molecule has 2 nitrogen and oxygen atoms in total. The van der Waals surface area contributed by atoms with Crippen LogP contribution in [0.25, 0.3) is 0 Å². The summed E-state index contributed by atoms with van der Waals surface area (Å²) in [5, 5.41) is 3.03. The Bertz CT molecular complexity index is 198. The number of amides is 1. The highest BCUT2D eigenvalue weighted by Gasteiger charge is 2.17. The molecule has 2 heteroatoms. The van der Waals surface area contributed by atoms with Gasteiger partial charge in [0.15, 0.2) is 0 Å². The first-order chi connectivity index (χ1) is 6.52. The molecule has 0 saturated heterocycles. The lowest BCUT2D eigenvalue weighted by atomic mass is 9.95. The Morgan fingerprint density at radius 1 is 1.43 bits per heavy atom. The van der Waals surface area contributed by atoms with E-state index in [1.165, 1.54) is 0 Å². The first-order valence-corrected chi connectivity index (χ1v) is 5.49. The molecule has 0 aliphatic rings. The van der Waals surface area contributed by atoms with Gasteiger partial charge in [-0.15, -0.1) is 0 Å². The van der Waals surface area contributed by atoms with Crippen LogP contribution in [-0.2, 0) is 4.79 Å². The fourth-order valence-corrected chi connectivity index (χ4v) is 1.39. The molecule has 0 fully saturated rings. The number of nitrogens with one attached hydrogen (secondary N) is 1. The Labute approximate surface area is 87.8 Å². The first kappa shape index (κ1) is 13.2. The molecule has 14 heavy (non-hydrogen) atoms. The Hall–Kier alpha value is -0.790. The third-order valence-corrected chi connectivity index (χ3v) is 2.63. The van der Waals surface area contributed by atoms with Crippen LogP contribution in [-0.4, -0.2) is 11.9 Å². The zero-order chi connectivity index (χ0) is 11.1. The van der Waals surface area contributed by atoms with Gasteiger partial charge in [0, 0.05) is 11.6 Å². The fraction of sp³-hybridized carbons (Fsp3) is 0.750. The van der Waals surface area contributed by atoms with Crippen LogP contribution in [0.3, 0.4) is 0 Å². The van der Waals surface area contributed by atoms with E-state index in [-0.39, 0.29) is 5.91 Å². The van der Waals surface area contributed by atoms with Crippen molar-refractivity contribution in [2.75, 3.05) is 0 Å². The highest BCUT2D eigenvalue weighted by Crippen LogP contribution is 2.13. The van der Waals surface area contributed by atoms with Crippen molar-refractivity contribution in [1.29, 1.82) is 0 Å². The molecule has 0 radical (unpaired) electrons. The van der Waals surface area contributed by atoms with Crippen molar-refractivity contribution >= 4 is 5.91 Å². The van der Waals surface area contributed by atoms with Gasteiger partial charge in [0.05, 0.1) is 0 Å². The molecule has 0 heterocycles. The molecular formula is C12H23NO. The molecule has 1 N–H and O–H groups in total. The highest BCUT2D eigenvalue weighted by molar-refractivity contribution is 5.92. The number of rotatable bonds is 6. The summed E-state index contributed by atoms with van der Waals surface area (Å²) in [4.78, 5) is 11.4. The zero-order valence-corrected chi connectivity index (χ0v) is 9.89. The third kappa shape index (κ3) is 4.45. The van der Waals surface area contributed by atoms with E-state index in [1.807, 2.05) is 0 Å². The standard InChI is InChI=1S/C12H23NO/c1-6-8-11(10(5)7-2)13-12(14)9(3)4/h10-11H,3,6-8H2,1-2,4-5H3,(H,13,14). The largest absolute Gasteiger partial charge is 0.349 e. The first-order valence-electron chi connectivity index (χ1n) is 5.49. The summed E-state index contributed by atoms with van der Waals surface area (Å²) in [7, 11) is 0. The van der Waals surface area contributed by atoms with Gasteiger partial charge in [0.1, 0.15) is 0 Å². The number of hydrogen-bond donors (Lipinski definition) is 1. The number of carbonyl (C=O) groups is 1. The summed E-state index contributed by atoms with van der Waals surface area (Å²) in [6.45, 7) is 11.9. The Morgan fingerprint density at radius 3 is 2.36 bits per heavy atom. The molecule has 0 aromatic carbocycles. The second-order valence-corrected chi connectivity index (χ2v) is 4.03. The van der Waals surface area contributed by atoms with Crippen LogP contribution in [0, 0.1) is 5.92 Å². The minimum atomic E-state index is -0.0104. The molecule has 2 unspecified atom stereocenters. The van der Waals surface area contributed by atoms with E-state index >= 15 is 0 Å². The molecular weight excluding hydrogens is 174 g/mol. The lowest BCUT2D eigenvalue weighted by Gasteiger charge is -2.23. The lowest BCUT2D eigenvalue weighted by molar-refractivity contribution is -0.118. The average molecular weight is 197 g/mol. The van der Waals surface area contributed by atoms with Crippen molar-refractivity contribution in [1.82, 2.24) is 5.32 Å². The van der Waals surface area contributed by atoms with Gasteiger partial charge in [-0.2, -0.15) is 0 Å². The molecule has 0 aromatic rings. The van der Waals surface area contributed by atoms with Gasteiger partial charge in [-0.25, -0.2) is 0 Å². The fourth-order valence-electron chi connectivity index (χ4n) is 1.39. The van der Waals surface area contributed by atoms with Crippen LogP contribution >= 0.6 is 0 Å². The van der Waals surface area contributed by atoms with Crippen LogP contribution in [0.1, 0.15) is 47.0 Å². The Balaban J connectivity index is 4.21. The van der Waals surface area contributed by atoms with E-state index in [0.29, 0.717) is 17.5 Å². The zero-order valence-electron chi connectivity index (χ0n) is 9.89. The second kappa shape index (κ2) is 6.63. The van der Waals surface area contributed by atoms with Crippen LogP contribution in [0.15, 0.2) is 12.2 Å². The monoisotopic (exact) mass is 197 g/mol. The topological polar surface area (TPSA) is 29.1 Å². The maximum Gasteiger partial charge on any atom is 0.246 e. The second-order valence-electron chi connectivity index (χ2n) is 4.03. The molecule has 0 aliphatic carbocycles. The molecule has 0 aromatic heterocycles. The van der Waals surface area contributed by atoms with E-state index in [4.69, 9.17) is 0 Å². The third-order valence-electron chi connectivity index (χ3n) is 2.63. The van der Waals surface area contributed by atoms with Crippen molar-refractivity contribution in [2.24, 2.45) is 5.92 Å². The number of hydrogen-bond acceptors (Lipinski definition) is 1. The summed E-state index contributed by atoms with van der Waals surface area (Å²) < 4.78 is 0. The number of carbonyl (C=O) groups excluding carboxylic acids is 1. The summed E-state index contributed by atoms with van der Waals surface area (Å²) in [6, 6.07) is 0.300. The van der Waals surface area contributed by atoms with E-state index < -0.39 is 0 Å². The molecule has 0 rings (SSSR count). The van der Waals surface area contributed by atoms with Gasteiger partial charge in [0.2, 0.25) is 5.91 Å². The molecule has 0 spiro atoms. The predicted octanol–water partition coefficient (Wildman–Crippen LogP) is 2.89. The van der Waals surface area contributed by atoms with Crippen molar-refractivity contribution in [2.45, 2.75) is 53.0 Å². The van der Waals surface area contributed by atoms with Gasteiger partial charge in [-0.05, 0) is 19.3 Å². The Kier molecular flexibility index (Phi) is 6.26. The normalized spacial score (nSPS) is 14.6. The van der Waals surface area contributed by atoms with Crippen molar-refractivity contribution < 1.29 is 4.79 Å². The van der Waals surface area contributed by atoms with Gasteiger partial charge in [-0.1, -0.05) is 40.2 Å². The van der Waals surface area contributed by atoms with E-state index in [9.17, 15) is 4.79 Å². The summed E-state index contributed by atoms with van der Waals surface area (Å²) in [5.41, 5.74) is 0.592. The van der Waals surface area contributed by atoms with Crippen LogP contribution in [0.2, 0.25) is 0 Å². The van der Waals surface area contributed by atoms with Crippen molar-refractivity contribution in [3.8, 4) is 0 Å². The van der Waals surface area contributed by atoms with Crippen molar-refractivity contribution in [3.63, 3.8) is 0 Å². The van der Waals surface area contributed by atoms with Gasteiger partial charge in [0.25, 0.3) is 0 Å². The summed E-state index contributed by atoms with van der Waals surface area (Å²) in [6.07, 6.45) is 3.25. The smallest absolute Gasteiger partial charge is 0.246 e. The molecule has 0 aliphatic heterocycles. The predicted molar refractivity (Wildman–Crippen MR) is 61.1 cm³/mol. The SMILES string of the molecule is C=C(C)C(=O)NC(CCC)C(C)CC. The quantitative estimate of drug-likeness (QED) is 0.652. The summed E-state index contributed by atoms with van der Waals surface area (Å²) >= 11 is 0. The van der Waals surface area contributed by atoms with E-state index in [0.717, 1.165) is 19.3 Å². The van der Waals surface area contributed by atoms with Gasteiger partial charge in [-0.3, -0.25) is 4.79 Å².